The van der Waals surface area contributed by atoms with Crippen molar-refractivity contribution in [2.75, 3.05) is 13.7 Å². The SMILES string of the molecule is COc1ccccc1CC(=O)NCC1CCC(C(=O)O)O1. The maximum absolute atomic E-state index is 11.9. The monoisotopic (exact) mass is 293 g/mol. The summed E-state index contributed by atoms with van der Waals surface area (Å²) in [6.07, 6.45) is 0.377. The number of rotatable bonds is 6. The van der Waals surface area contributed by atoms with Gasteiger partial charge in [0.25, 0.3) is 0 Å². The van der Waals surface area contributed by atoms with Gasteiger partial charge in [0.05, 0.1) is 19.6 Å². The minimum absolute atomic E-state index is 0.137. The lowest BCUT2D eigenvalue weighted by Crippen LogP contribution is -2.34. The van der Waals surface area contributed by atoms with E-state index in [-0.39, 0.29) is 18.4 Å². The van der Waals surface area contributed by atoms with Gasteiger partial charge < -0.3 is 19.9 Å². The van der Waals surface area contributed by atoms with E-state index in [1.54, 1.807) is 13.2 Å². The van der Waals surface area contributed by atoms with Crippen molar-refractivity contribution in [2.24, 2.45) is 0 Å². The zero-order chi connectivity index (χ0) is 15.2. The van der Waals surface area contributed by atoms with Crippen LogP contribution < -0.4 is 10.1 Å². The van der Waals surface area contributed by atoms with E-state index in [2.05, 4.69) is 5.32 Å². The van der Waals surface area contributed by atoms with E-state index in [1.165, 1.54) is 0 Å². The van der Waals surface area contributed by atoms with Crippen molar-refractivity contribution in [3.63, 3.8) is 0 Å². The second-order valence-electron chi connectivity index (χ2n) is 4.96. The highest BCUT2D eigenvalue weighted by atomic mass is 16.5. The number of nitrogens with one attached hydrogen (secondary N) is 1. The number of para-hydroxylation sites is 1. The van der Waals surface area contributed by atoms with Gasteiger partial charge in [-0.2, -0.15) is 0 Å². The maximum atomic E-state index is 11.9. The summed E-state index contributed by atoms with van der Waals surface area (Å²) in [5.74, 6) is -0.407. The summed E-state index contributed by atoms with van der Waals surface area (Å²) in [6.45, 7) is 0.331. The fourth-order valence-corrected chi connectivity index (χ4v) is 2.35. The molecule has 1 aliphatic heterocycles. The van der Waals surface area contributed by atoms with E-state index in [0.29, 0.717) is 25.1 Å². The average molecular weight is 293 g/mol. The topological polar surface area (TPSA) is 84.9 Å². The average Bonchev–Trinajstić information content (AvgIpc) is 2.95. The molecule has 114 valence electrons. The first kappa shape index (κ1) is 15.3. The minimum Gasteiger partial charge on any atom is -0.496 e. The highest BCUT2D eigenvalue weighted by molar-refractivity contribution is 5.79. The molecule has 0 spiro atoms. The number of carbonyl (C=O) groups is 2. The molecule has 2 atom stereocenters. The molecule has 1 saturated heterocycles. The molecule has 0 saturated carbocycles. The van der Waals surface area contributed by atoms with E-state index in [0.717, 1.165) is 5.56 Å². The predicted octanol–water partition coefficient (Wildman–Crippen LogP) is 0.986. The zero-order valence-corrected chi connectivity index (χ0v) is 11.9. The van der Waals surface area contributed by atoms with Crippen LogP contribution in [0.1, 0.15) is 18.4 Å². The largest absolute Gasteiger partial charge is 0.496 e. The number of benzene rings is 1. The molecule has 1 aromatic carbocycles. The van der Waals surface area contributed by atoms with Crippen LogP contribution in [-0.4, -0.2) is 42.8 Å². The summed E-state index contributed by atoms with van der Waals surface area (Å²) in [4.78, 5) is 22.7. The van der Waals surface area contributed by atoms with Crippen LogP contribution in [0.5, 0.6) is 5.75 Å². The molecule has 21 heavy (non-hydrogen) atoms. The normalized spacial score (nSPS) is 21.0. The number of methoxy groups -OCH3 is 1. The lowest BCUT2D eigenvalue weighted by Gasteiger charge is -2.13. The third-order valence-corrected chi connectivity index (χ3v) is 3.45. The molecule has 1 amide bonds. The fraction of sp³-hybridized carbons (Fsp3) is 0.467. The van der Waals surface area contributed by atoms with Gasteiger partial charge in [0.2, 0.25) is 5.91 Å². The molecule has 1 aliphatic rings. The van der Waals surface area contributed by atoms with Gasteiger partial charge in [-0.25, -0.2) is 4.79 Å². The van der Waals surface area contributed by atoms with Gasteiger partial charge in [-0.3, -0.25) is 4.79 Å². The van der Waals surface area contributed by atoms with Crippen LogP contribution in [0.4, 0.5) is 0 Å². The molecule has 2 rings (SSSR count). The Morgan fingerprint density at radius 3 is 2.81 bits per heavy atom. The highest BCUT2D eigenvalue weighted by Gasteiger charge is 2.30. The molecule has 1 aromatic rings. The van der Waals surface area contributed by atoms with E-state index < -0.39 is 12.1 Å². The lowest BCUT2D eigenvalue weighted by molar-refractivity contribution is -0.149. The second kappa shape index (κ2) is 7.08. The molecule has 6 heteroatoms. The van der Waals surface area contributed by atoms with Crippen LogP contribution in [0, 0.1) is 0 Å². The molecule has 0 aromatic heterocycles. The Morgan fingerprint density at radius 1 is 1.38 bits per heavy atom. The summed E-state index contributed by atoms with van der Waals surface area (Å²) in [5.41, 5.74) is 0.813. The second-order valence-corrected chi connectivity index (χ2v) is 4.96. The minimum atomic E-state index is -0.946. The molecular weight excluding hydrogens is 274 g/mol. The molecule has 0 aliphatic carbocycles. The fourth-order valence-electron chi connectivity index (χ4n) is 2.35. The Balaban J connectivity index is 1.79. The molecule has 0 radical (unpaired) electrons. The van der Waals surface area contributed by atoms with Crippen LogP contribution in [-0.2, 0) is 20.7 Å². The number of amides is 1. The third kappa shape index (κ3) is 4.19. The van der Waals surface area contributed by atoms with Gasteiger partial charge in [-0.15, -0.1) is 0 Å². The van der Waals surface area contributed by atoms with Gasteiger partial charge >= 0.3 is 5.97 Å². The number of hydrogen-bond acceptors (Lipinski definition) is 4. The number of carbonyl (C=O) groups excluding carboxylic acids is 1. The summed E-state index contributed by atoms with van der Waals surface area (Å²) >= 11 is 0. The Kier molecular flexibility index (Phi) is 5.16. The first-order valence-electron chi connectivity index (χ1n) is 6.87. The Bertz CT molecular complexity index is 517. The number of carboxylic acid groups (broad SMARTS) is 1. The molecular formula is C15H19NO5. The van der Waals surface area contributed by atoms with Gasteiger partial charge in [0, 0.05) is 12.1 Å². The predicted molar refractivity (Wildman–Crippen MR) is 75.2 cm³/mol. The lowest BCUT2D eigenvalue weighted by atomic mass is 10.1. The van der Waals surface area contributed by atoms with Crippen molar-refractivity contribution < 1.29 is 24.2 Å². The third-order valence-electron chi connectivity index (χ3n) is 3.45. The van der Waals surface area contributed by atoms with Crippen molar-refractivity contribution in [1.82, 2.24) is 5.32 Å². The van der Waals surface area contributed by atoms with Crippen LogP contribution in [0.3, 0.4) is 0 Å². The van der Waals surface area contributed by atoms with Gasteiger partial charge in [0.15, 0.2) is 6.10 Å². The summed E-state index contributed by atoms with van der Waals surface area (Å²) < 4.78 is 10.5. The standard InChI is InChI=1S/C15H19NO5/c1-20-12-5-3-2-4-10(12)8-14(17)16-9-11-6-7-13(21-11)15(18)19/h2-5,11,13H,6-9H2,1H3,(H,16,17)(H,18,19). The molecule has 1 heterocycles. The van der Waals surface area contributed by atoms with Gasteiger partial charge in [0.1, 0.15) is 5.75 Å². The van der Waals surface area contributed by atoms with E-state index >= 15 is 0 Å². The molecule has 2 N–H and O–H groups in total. The van der Waals surface area contributed by atoms with E-state index in [9.17, 15) is 9.59 Å². The smallest absolute Gasteiger partial charge is 0.332 e. The van der Waals surface area contributed by atoms with Crippen LogP contribution in [0.15, 0.2) is 24.3 Å². The molecule has 0 bridgehead atoms. The van der Waals surface area contributed by atoms with Crippen molar-refractivity contribution >= 4 is 11.9 Å². The summed E-state index contributed by atoms with van der Waals surface area (Å²) in [6, 6.07) is 7.34. The summed E-state index contributed by atoms with van der Waals surface area (Å²) in [7, 11) is 1.56. The quantitative estimate of drug-likeness (QED) is 0.817. The number of hydrogen-bond donors (Lipinski definition) is 2. The Morgan fingerprint density at radius 2 is 2.14 bits per heavy atom. The first-order valence-corrected chi connectivity index (χ1v) is 6.87. The Labute approximate surface area is 123 Å². The van der Waals surface area contributed by atoms with Crippen molar-refractivity contribution in [3.05, 3.63) is 29.8 Å². The number of ether oxygens (including phenoxy) is 2. The molecule has 6 nitrogen and oxygen atoms in total. The first-order chi connectivity index (χ1) is 10.1. The molecule has 1 fully saturated rings. The van der Waals surface area contributed by atoms with Crippen molar-refractivity contribution in [3.8, 4) is 5.75 Å². The highest BCUT2D eigenvalue weighted by Crippen LogP contribution is 2.20. The molecule has 2 unspecified atom stereocenters. The van der Waals surface area contributed by atoms with E-state index in [4.69, 9.17) is 14.6 Å². The van der Waals surface area contributed by atoms with Crippen LogP contribution in [0.2, 0.25) is 0 Å². The maximum Gasteiger partial charge on any atom is 0.332 e. The van der Waals surface area contributed by atoms with Crippen molar-refractivity contribution in [2.45, 2.75) is 31.5 Å². The van der Waals surface area contributed by atoms with Gasteiger partial charge in [-0.1, -0.05) is 18.2 Å². The summed E-state index contributed by atoms with van der Waals surface area (Å²) in [5, 5.41) is 11.6. The number of aliphatic carboxylic acids is 1. The van der Waals surface area contributed by atoms with Crippen LogP contribution >= 0.6 is 0 Å². The number of carboxylic acids is 1. The van der Waals surface area contributed by atoms with Crippen LogP contribution in [0.25, 0.3) is 0 Å². The van der Waals surface area contributed by atoms with Crippen molar-refractivity contribution in [1.29, 1.82) is 0 Å². The zero-order valence-electron chi connectivity index (χ0n) is 11.9. The van der Waals surface area contributed by atoms with E-state index in [1.807, 2.05) is 18.2 Å². The Hall–Kier alpha value is -2.08. The van der Waals surface area contributed by atoms with Gasteiger partial charge in [-0.05, 0) is 18.9 Å².